The lowest BCUT2D eigenvalue weighted by atomic mass is 9.87. The first kappa shape index (κ1) is 24.6. The zero-order valence-corrected chi connectivity index (χ0v) is 16.0. The number of hydrogen-bond acceptors (Lipinski definition) is 3. The average Bonchev–Trinajstić information content (AvgIpc) is 2.61. The predicted molar refractivity (Wildman–Crippen MR) is 96.4 cm³/mol. The molecule has 0 aromatic heterocycles. The van der Waals surface area contributed by atoms with E-state index in [0.717, 1.165) is 30.3 Å². The summed E-state index contributed by atoms with van der Waals surface area (Å²) in [6, 6.07) is 7.48. The number of aliphatic hydroxyl groups is 1. The number of halogens is 6. The highest BCUT2D eigenvalue weighted by Gasteiger charge is 2.54. The van der Waals surface area contributed by atoms with E-state index in [1.54, 1.807) is 0 Å². The third kappa shape index (κ3) is 6.03. The van der Waals surface area contributed by atoms with Crippen LogP contribution in [-0.4, -0.2) is 22.8 Å². The number of aromatic hydroxyl groups is 1. The number of ether oxygens (including phenoxy) is 1. The maximum absolute atomic E-state index is 13.2. The van der Waals surface area contributed by atoms with Crippen molar-refractivity contribution in [2.75, 3.05) is 0 Å². The summed E-state index contributed by atoms with van der Waals surface area (Å²) in [5.41, 5.74) is -3.01. The first-order valence-corrected chi connectivity index (χ1v) is 8.86. The Hall–Kier alpha value is -2.42. The molecule has 0 saturated carbocycles. The molecule has 0 saturated heterocycles. The molecule has 0 radical (unpaired) electrons. The van der Waals surface area contributed by atoms with Crippen LogP contribution < -0.4 is 4.74 Å². The molecule has 3 nitrogen and oxygen atoms in total. The van der Waals surface area contributed by atoms with E-state index in [0.29, 0.717) is 0 Å². The Bertz CT molecular complexity index is 784. The van der Waals surface area contributed by atoms with Gasteiger partial charge in [-0.1, -0.05) is 51.5 Å². The fraction of sp³-hybridized carbons (Fsp3) is 0.400. The van der Waals surface area contributed by atoms with Crippen molar-refractivity contribution in [1.82, 2.24) is 0 Å². The van der Waals surface area contributed by atoms with E-state index in [9.17, 15) is 36.6 Å². The van der Waals surface area contributed by atoms with Gasteiger partial charge in [0.05, 0.1) is 0 Å². The van der Waals surface area contributed by atoms with E-state index in [1.807, 2.05) is 13.8 Å². The third-order valence-corrected chi connectivity index (χ3v) is 3.96. The van der Waals surface area contributed by atoms with Gasteiger partial charge >= 0.3 is 12.5 Å². The van der Waals surface area contributed by atoms with Crippen LogP contribution in [0.5, 0.6) is 11.5 Å². The van der Waals surface area contributed by atoms with Crippen molar-refractivity contribution in [2.24, 2.45) is 0 Å². The van der Waals surface area contributed by atoms with E-state index in [-0.39, 0.29) is 23.1 Å². The summed E-state index contributed by atoms with van der Waals surface area (Å²) in [6.07, 6.45) is -10.2. The lowest BCUT2D eigenvalue weighted by Crippen LogP contribution is -2.42. The average molecular weight is 424 g/mol. The lowest BCUT2D eigenvalue weighted by molar-refractivity contribution is -0.274. The zero-order chi connectivity index (χ0) is 22.5. The number of phenolic OH excluding ortho intramolecular Hbond substituents is 1. The van der Waals surface area contributed by atoms with Crippen LogP contribution in [0.4, 0.5) is 26.3 Å². The Morgan fingerprint density at radius 2 is 1.45 bits per heavy atom. The number of rotatable bonds is 5. The van der Waals surface area contributed by atoms with Gasteiger partial charge in [0.25, 0.3) is 0 Å². The van der Waals surface area contributed by atoms with Crippen molar-refractivity contribution in [2.45, 2.75) is 51.8 Å². The highest BCUT2D eigenvalue weighted by molar-refractivity contribution is 5.71. The molecular weight excluding hydrogens is 402 g/mol. The molecule has 162 valence electrons. The maximum Gasteiger partial charge on any atom is 0.573 e. The van der Waals surface area contributed by atoms with Crippen molar-refractivity contribution in [3.63, 3.8) is 0 Å². The number of benzene rings is 2. The molecule has 29 heavy (non-hydrogen) atoms. The van der Waals surface area contributed by atoms with Gasteiger partial charge in [0.1, 0.15) is 11.5 Å². The van der Waals surface area contributed by atoms with Crippen LogP contribution in [0.3, 0.4) is 0 Å². The van der Waals surface area contributed by atoms with Gasteiger partial charge in [-0.2, -0.15) is 13.2 Å². The minimum absolute atomic E-state index is 0.0964. The Morgan fingerprint density at radius 1 is 0.897 bits per heavy atom. The second kappa shape index (κ2) is 9.39. The first-order valence-electron chi connectivity index (χ1n) is 8.86. The van der Waals surface area contributed by atoms with E-state index in [2.05, 4.69) is 4.74 Å². The van der Waals surface area contributed by atoms with Gasteiger partial charge in [-0.15, -0.1) is 13.2 Å². The van der Waals surface area contributed by atoms with Crippen molar-refractivity contribution < 1.29 is 41.3 Å². The molecule has 1 unspecified atom stereocenters. The Kier molecular flexibility index (Phi) is 7.97. The number of hydrogen-bond donors (Lipinski definition) is 2. The van der Waals surface area contributed by atoms with Crippen molar-refractivity contribution >= 4 is 0 Å². The molecule has 0 heterocycles. The summed E-state index contributed by atoms with van der Waals surface area (Å²) < 4.78 is 80.0. The van der Waals surface area contributed by atoms with Gasteiger partial charge in [-0.05, 0) is 29.7 Å². The Morgan fingerprint density at radius 3 is 1.86 bits per heavy atom. The van der Waals surface area contributed by atoms with Crippen LogP contribution in [0.15, 0.2) is 42.5 Å². The predicted octanol–water partition coefficient (Wildman–Crippen LogP) is 6.53. The molecule has 1 atom stereocenters. The van der Waals surface area contributed by atoms with Crippen LogP contribution in [0, 0.1) is 0 Å². The molecule has 2 aromatic rings. The van der Waals surface area contributed by atoms with Crippen LogP contribution in [-0.2, 0) is 5.60 Å². The van der Waals surface area contributed by atoms with E-state index in [1.165, 1.54) is 19.1 Å². The molecular formula is C20H22F6O3. The Balaban J connectivity index is 0.00000204. The third-order valence-electron chi connectivity index (χ3n) is 3.96. The van der Waals surface area contributed by atoms with Crippen LogP contribution >= 0.6 is 0 Å². The molecule has 2 N–H and O–H groups in total. The molecule has 0 fully saturated rings. The maximum atomic E-state index is 13.2. The first-order chi connectivity index (χ1) is 13.4. The van der Waals surface area contributed by atoms with Crippen LogP contribution in [0.2, 0.25) is 0 Å². The zero-order valence-electron chi connectivity index (χ0n) is 16.0. The van der Waals surface area contributed by atoms with Gasteiger partial charge in [-0.25, -0.2) is 0 Å². The summed E-state index contributed by atoms with van der Waals surface area (Å²) in [5.74, 6) is -1.17. The largest absolute Gasteiger partial charge is 0.573 e. The summed E-state index contributed by atoms with van der Waals surface area (Å²) in [7, 11) is 0. The molecule has 2 aromatic carbocycles. The molecule has 0 aliphatic rings. The number of alkyl halides is 6. The lowest BCUT2D eigenvalue weighted by Gasteiger charge is -2.30. The van der Waals surface area contributed by atoms with Crippen molar-refractivity contribution in [3.05, 3.63) is 48.0 Å². The Labute approximate surface area is 164 Å². The second-order valence-electron chi connectivity index (χ2n) is 5.91. The number of phenols is 1. The van der Waals surface area contributed by atoms with Gasteiger partial charge < -0.3 is 14.9 Å². The highest BCUT2D eigenvalue weighted by Crippen LogP contribution is 2.43. The summed E-state index contributed by atoms with van der Waals surface area (Å²) in [4.78, 5) is 0. The van der Waals surface area contributed by atoms with Crippen LogP contribution in [0.25, 0.3) is 11.1 Å². The van der Waals surface area contributed by atoms with Gasteiger partial charge in [0.15, 0.2) is 5.60 Å². The second-order valence-corrected chi connectivity index (χ2v) is 5.91. The molecule has 0 bridgehead atoms. The van der Waals surface area contributed by atoms with Gasteiger partial charge in [-0.3, -0.25) is 0 Å². The molecule has 0 aliphatic carbocycles. The molecule has 0 spiro atoms. The monoisotopic (exact) mass is 424 g/mol. The molecule has 0 aliphatic heterocycles. The van der Waals surface area contributed by atoms with Gasteiger partial charge in [0.2, 0.25) is 0 Å². The van der Waals surface area contributed by atoms with Crippen LogP contribution in [0.1, 0.15) is 39.2 Å². The van der Waals surface area contributed by atoms with E-state index < -0.39 is 36.1 Å². The quantitative estimate of drug-likeness (QED) is 0.536. The smallest absolute Gasteiger partial charge is 0.507 e. The molecule has 9 heteroatoms. The van der Waals surface area contributed by atoms with Crippen molar-refractivity contribution in [3.8, 4) is 22.6 Å². The molecule has 0 amide bonds. The minimum atomic E-state index is -4.92. The highest BCUT2D eigenvalue weighted by atomic mass is 19.4. The fourth-order valence-electron chi connectivity index (χ4n) is 2.69. The SMILES string of the molecule is CC.CCCC(O)(c1ccc(-c2ccc(OC(F)(F)F)cc2O)cc1)C(F)(F)F. The summed E-state index contributed by atoms with van der Waals surface area (Å²) in [6.45, 7) is 5.51. The topological polar surface area (TPSA) is 49.7 Å². The summed E-state index contributed by atoms with van der Waals surface area (Å²) in [5, 5.41) is 20.0. The fourth-order valence-corrected chi connectivity index (χ4v) is 2.69. The summed E-state index contributed by atoms with van der Waals surface area (Å²) >= 11 is 0. The normalized spacial score (nSPS) is 13.9. The van der Waals surface area contributed by atoms with Crippen molar-refractivity contribution in [1.29, 1.82) is 0 Å². The van der Waals surface area contributed by atoms with Gasteiger partial charge in [0, 0.05) is 11.6 Å². The minimum Gasteiger partial charge on any atom is -0.507 e. The molecule has 2 rings (SSSR count). The van der Waals surface area contributed by atoms with E-state index in [4.69, 9.17) is 0 Å². The standard InChI is InChI=1S/C18H16F6O3.C2H6/c1-2-9-16(26,17(19,20)21)12-5-3-11(4-6-12)14-8-7-13(10-15(14)25)27-18(22,23)24;1-2/h3-8,10,25-26H,2,9H2,1H3;1-2H3. The van der Waals surface area contributed by atoms with E-state index >= 15 is 0 Å².